The molecule has 1 aromatic carbocycles. The third kappa shape index (κ3) is 6.68. The van der Waals surface area contributed by atoms with Gasteiger partial charge in [-0.1, -0.05) is 6.07 Å². The van der Waals surface area contributed by atoms with Crippen LogP contribution in [0.15, 0.2) is 18.2 Å². The van der Waals surface area contributed by atoms with Crippen LogP contribution in [0.1, 0.15) is 51.0 Å². The maximum Gasteiger partial charge on any atom is 0.337 e. The number of anilines is 1. The predicted octanol–water partition coefficient (Wildman–Crippen LogP) is 2.64. The molecule has 0 fully saturated rings. The molecular formula is C21H26N2O8S2. The monoisotopic (exact) mass is 498 g/mol. The zero-order valence-electron chi connectivity index (χ0n) is 18.8. The summed E-state index contributed by atoms with van der Waals surface area (Å²) in [5.41, 5.74) is -0.0794. The molecular weight excluding hydrogens is 472 g/mol. The fraction of sp³-hybridized carbons (Fsp3) is 0.381. The number of carbonyl (C=O) groups excluding carboxylic acids is 2. The Balaban J connectivity index is 2.55. The number of methoxy groups -OCH3 is 1. The lowest BCUT2D eigenvalue weighted by Gasteiger charge is -2.20. The summed E-state index contributed by atoms with van der Waals surface area (Å²) < 4.78 is 35.0. The second-order valence-electron chi connectivity index (χ2n) is 7.19. The van der Waals surface area contributed by atoms with Gasteiger partial charge in [0.25, 0.3) is 5.91 Å². The molecule has 0 radical (unpaired) electrons. The number of sulfone groups is 1. The van der Waals surface area contributed by atoms with Crippen molar-refractivity contribution in [2.75, 3.05) is 31.0 Å². The molecule has 0 aliphatic rings. The first kappa shape index (κ1) is 26.1. The lowest BCUT2D eigenvalue weighted by molar-refractivity contribution is -0.114. The highest BCUT2D eigenvalue weighted by Gasteiger charge is 2.30. The molecule has 2 rings (SSSR count). The Bertz CT molecular complexity index is 1170. The van der Waals surface area contributed by atoms with Gasteiger partial charge in [0.1, 0.15) is 14.8 Å². The second-order valence-corrected chi connectivity index (χ2v) is 10.6. The summed E-state index contributed by atoms with van der Waals surface area (Å²) >= 11 is 0.948. The zero-order valence-corrected chi connectivity index (χ0v) is 20.5. The number of carboxylic acid groups (broad SMARTS) is 1. The predicted molar refractivity (Wildman–Crippen MR) is 124 cm³/mol. The highest BCUT2D eigenvalue weighted by Crippen LogP contribution is 2.35. The van der Waals surface area contributed by atoms with Gasteiger partial charge in [-0.05, 0) is 31.5 Å². The fourth-order valence-electron chi connectivity index (χ4n) is 3.20. The summed E-state index contributed by atoms with van der Waals surface area (Å²) in [4.78, 5) is 36.9. The molecule has 2 aromatic rings. The average molecular weight is 499 g/mol. The van der Waals surface area contributed by atoms with Crippen LogP contribution in [0, 0.1) is 6.92 Å². The Morgan fingerprint density at radius 1 is 1.18 bits per heavy atom. The van der Waals surface area contributed by atoms with Gasteiger partial charge < -0.3 is 25.2 Å². The van der Waals surface area contributed by atoms with Crippen molar-refractivity contribution in [3.8, 4) is 11.5 Å². The van der Waals surface area contributed by atoms with E-state index in [9.17, 15) is 27.9 Å². The third-order valence-corrected chi connectivity index (χ3v) is 6.44. The van der Waals surface area contributed by atoms with Gasteiger partial charge in [-0.15, -0.1) is 11.3 Å². The number of nitrogens with one attached hydrogen (secondary N) is 2. The average Bonchev–Trinajstić information content (AvgIpc) is 3.01. The summed E-state index contributed by atoms with van der Waals surface area (Å²) in [7, 11) is -2.10. The molecule has 1 heterocycles. The molecule has 1 aromatic heterocycles. The summed E-state index contributed by atoms with van der Waals surface area (Å²) in [6.45, 7) is 4.86. The normalized spacial score (nSPS) is 12.0. The first-order valence-electron chi connectivity index (χ1n) is 9.81. The van der Waals surface area contributed by atoms with E-state index in [1.165, 1.54) is 21.0 Å². The van der Waals surface area contributed by atoms with Gasteiger partial charge in [-0.25, -0.2) is 13.2 Å². The van der Waals surface area contributed by atoms with Crippen LogP contribution in [0.2, 0.25) is 0 Å². The van der Waals surface area contributed by atoms with Crippen LogP contribution in [0.3, 0.4) is 0 Å². The zero-order chi connectivity index (χ0) is 24.9. The van der Waals surface area contributed by atoms with Crippen LogP contribution in [-0.2, 0) is 14.6 Å². The summed E-state index contributed by atoms with van der Waals surface area (Å²) in [6, 6.07) is 3.71. The quantitative estimate of drug-likeness (QED) is 0.453. The molecule has 0 aliphatic heterocycles. The Labute approximate surface area is 195 Å². The van der Waals surface area contributed by atoms with Crippen molar-refractivity contribution in [1.82, 2.24) is 5.32 Å². The van der Waals surface area contributed by atoms with E-state index in [1.807, 2.05) is 0 Å². The summed E-state index contributed by atoms with van der Waals surface area (Å²) in [5, 5.41) is 14.8. The van der Waals surface area contributed by atoms with Crippen molar-refractivity contribution in [3.63, 3.8) is 0 Å². The summed E-state index contributed by atoms with van der Waals surface area (Å²) in [6.07, 6.45) is 1.03. The number of aromatic carboxylic acids is 1. The fourth-order valence-corrected chi connectivity index (χ4v) is 5.17. The van der Waals surface area contributed by atoms with E-state index in [4.69, 9.17) is 9.47 Å². The van der Waals surface area contributed by atoms with Gasteiger partial charge in [0.05, 0.1) is 36.6 Å². The molecule has 33 heavy (non-hydrogen) atoms. The van der Waals surface area contributed by atoms with Crippen LogP contribution < -0.4 is 20.1 Å². The van der Waals surface area contributed by atoms with Gasteiger partial charge in [0, 0.05) is 18.1 Å². The van der Waals surface area contributed by atoms with E-state index in [-0.39, 0.29) is 16.1 Å². The largest absolute Gasteiger partial charge is 0.493 e. The van der Waals surface area contributed by atoms with Gasteiger partial charge in [-0.3, -0.25) is 9.59 Å². The third-order valence-electron chi connectivity index (χ3n) is 4.48. The number of hydrogen-bond acceptors (Lipinski definition) is 8. The molecule has 12 heteroatoms. The van der Waals surface area contributed by atoms with Crippen LogP contribution in [0.4, 0.5) is 5.00 Å². The second kappa shape index (κ2) is 10.7. The number of aryl methyl sites for hydroxylation is 1. The topological polar surface area (TPSA) is 148 Å². The lowest BCUT2D eigenvalue weighted by Crippen LogP contribution is -2.34. The van der Waals surface area contributed by atoms with Gasteiger partial charge >= 0.3 is 5.97 Å². The minimum Gasteiger partial charge on any atom is -0.493 e. The number of ether oxygens (including phenoxy) is 2. The molecule has 3 N–H and O–H groups in total. The molecule has 10 nitrogen and oxygen atoms in total. The molecule has 0 unspecified atom stereocenters. The number of thiophene rings is 1. The highest BCUT2D eigenvalue weighted by atomic mass is 32.2. The van der Waals surface area contributed by atoms with E-state index >= 15 is 0 Å². The first-order chi connectivity index (χ1) is 15.4. The molecule has 0 bridgehead atoms. The van der Waals surface area contributed by atoms with Crippen molar-refractivity contribution < 1.29 is 37.4 Å². The number of hydrogen-bond donors (Lipinski definition) is 3. The van der Waals surface area contributed by atoms with Crippen LogP contribution in [-0.4, -0.2) is 57.0 Å². The molecule has 2 amide bonds. The molecule has 1 atom stereocenters. The maximum absolute atomic E-state index is 13.2. The van der Waals surface area contributed by atoms with E-state index in [0.717, 1.165) is 17.6 Å². The highest BCUT2D eigenvalue weighted by molar-refractivity contribution is 7.90. The van der Waals surface area contributed by atoms with Crippen molar-refractivity contribution in [2.24, 2.45) is 0 Å². The number of rotatable bonds is 10. The number of carbonyl (C=O) groups is 3. The lowest BCUT2D eigenvalue weighted by atomic mass is 10.1. The minimum atomic E-state index is -3.56. The number of benzene rings is 1. The van der Waals surface area contributed by atoms with E-state index < -0.39 is 39.4 Å². The van der Waals surface area contributed by atoms with E-state index in [0.29, 0.717) is 28.5 Å². The van der Waals surface area contributed by atoms with Gasteiger partial charge in [0.15, 0.2) is 11.5 Å². The first-order valence-corrected chi connectivity index (χ1v) is 12.7. The Morgan fingerprint density at radius 2 is 1.85 bits per heavy atom. The van der Waals surface area contributed by atoms with Gasteiger partial charge in [0.2, 0.25) is 5.91 Å². The SMILES string of the molecule is CCOc1cc([C@@H](CS(C)(=O)=O)NC(=O)c2c(NC(C)=O)sc(C)c2C(=O)O)ccc1OC. The standard InChI is InChI=1S/C21H26N2O8S2/c1-6-31-16-9-13(7-8-15(16)30-4)14(10-33(5,28)29)23-19(25)18-17(21(26)27)11(2)32-20(18)22-12(3)24/h7-9,14H,6,10H2,1-5H3,(H,22,24)(H,23,25)(H,26,27)/t14-/m1/s1. The van der Waals surface area contributed by atoms with Crippen molar-refractivity contribution in [3.05, 3.63) is 39.8 Å². The Morgan fingerprint density at radius 3 is 2.36 bits per heavy atom. The number of carboxylic acids is 1. The molecule has 0 saturated heterocycles. The summed E-state index contributed by atoms with van der Waals surface area (Å²) in [5.74, 6) is -2.30. The van der Waals surface area contributed by atoms with Gasteiger partial charge in [-0.2, -0.15) is 0 Å². The van der Waals surface area contributed by atoms with Crippen LogP contribution in [0.5, 0.6) is 11.5 Å². The van der Waals surface area contributed by atoms with E-state index in [1.54, 1.807) is 25.1 Å². The smallest absolute Gasteiger partial charge is 0.337 e. The van der Waals surface area contributed by atoms with Crippen molar-refractivity contribution in [1.29, 1.82) is 0 Å². The Hall–Kier alpha value is -3.12. The number of amides is 2. The van der Waals surface area contributed by atoms with Crippen LogP contribution >= 0.6 is 11.3 Å². The van der Waals surface area contributed by atoms with Crippen molar-refractivity contribution in [2.45, 2.75) is 26.8 Å². The molecule has 0 saturated carbocycles. The van der Waals surface area contributed by atoms with E-state index in [2.05, 4.69) is 10.6 Å². The molecule has 0 spiro atoms. The van der Waals surface area contributed by atoms with Crippen LogP contribution in [0.25, 0.3) is 0 Å². The maximum atomic E-state index is 13.2. The minimum absolute atomic E-state index is 0.0674. The molecule has 180 valence electrons. The van der Waals surface area contributed by atoms with Crippen molar-refractivity contribution >= 4 is 44.0 Å². The molecule has 0 aliphatic carbocycles. The Kier molecular flexibility index (Phi) is 8.45.